The fraction of sp³-hybridized carbons (Fsp3) is 0.800. The van der Waals surface area contributed by atoms with Crippen molar-refractivity contribution in [1.29, 1.82) is 0 Å². The van der Waals surface area contributed by atoms with Crippen molar-refractivity contribution in [1.82, 2.24) is 19.9 Å². The molecule has 0 bridgehead atoms. The Hall–Kier alpha value is -0.940. The van der Waals surface area contributed by atoms with Gasteiger partial charge in [0.15, 0.2) is 0 Å². The lowest BCUT2D eigenvalue weighted by atomic mass is 9.99. The van der Waals surface area contributed by atoms with Gasteiger partial charge in [0.25, 0.3) is 0 Å². The minimum absolute atomic E-state index is 0.477. The Bertz CT molecular complexity index is 309. The molecule has 2 heterocycles. The quantitative estimate of drug-likeness (QED) is 0.766. The van der Waals surface area contributed by atoms with Crippen LogP contribution in [0, 0.1) is 5.92 Å². The van der Waals surface area contributed by atoms with Crippen molar-refractivity contribution in [2.24, 2.45) is 11.7 Å². The summed E-state index contributed by atoms with van der Waals surface area (Å²) in [4.78, 5) is 2.38. The highest BCUT2D eigenvalue weighted by Gasteiger charge is 2.17. The molecule has 1 fully saturated rings. The first-order valence-electron chi connectivity index (χ1n) is 5.55. The zero-order valence-electron chi connectivity index (χ0n) is 9.26. The van der Waals surface area contributed by atoms with Gasteiger partial charge in [0, 0.05) is 25.8 Å². The highest BCUT2D eigenvalue weighted by molar-refractivity contribution is 4.90. The maximum Gasteiger partial charge on any atom is 0.0962 e. The van der Waals surface area contributed by atoms with E-state index >= 15 is 0 Å². The Morgan fingerprint density at radius 2 is 2.47 bits per heavy atom. The molecule has 0 amide bonds. The van der Waals surface area contributed by atoms with Crippen LogP contribution < -0.4 is 5.73 Å². The minimum atomic E-state index is 0.477. The smallest absolute Gasteiger partial charge is 0.0962 e. The molecule has 1 aromatic rings. The largest absolute Gasteiger partial charge is 0.325 e. The molecule has 0 spiro atoms. The zero-order valence-corrected chi connectivity index (χ0v) is 9.26. The summed E-state index contributed by atoms with van der Waals surface area (Å²) in [5.41, 5.74) is 6.37. The first-order chi connectivity index (χ1) is 7.28. The Kier molecular flexibility index (Phi) is 3.33. The van der Waals surface area contributed by atoms with Crippen molar-refractivity contribution in [3.8, 4) is 0 Å². The third-order valence-corrected chi connectivity index (χ3v) is 2.96. The second-order valence-corrected chi connectivity index (χ2v) is 4.41. The van der Waals surface area contributed by atoms with Crippen molar-refractivity contribution in [2.75, 3.05) is 20.1 Å². The lowest BCUT2D eigenvalue weighted by molar-refractivity contribution is 0.190. The van der Waals surface area contributed by atoms with Crippen molar-refractivity contribution < 1.29 is 0 Å². The third kappa shape index (κ3) is 2.76. The van der Waals surface area contributed by atoms with E-state index in [2.05, 4.69) is 22.3 Å². The number of hydrogen-bond donors (Lipinski definition) is 1. The highest BCUT2D eigenvalue weighted by atomic mass is 15.4. The van der Waals surface area contributed by atoms with Gasteiger partial charge in [0.05, 0.1) is 5.69 Å². The van der Waals surface area contributed by atoms with Gasteiger partial charge >= 0.3 is 0 Å². The minimum Gasteiger partial charge on any atom is -0.325 e. The van der Waals surface area contributed by atoms with Crippen molar-refractivity contribution in [2.45, 2.75) is 25.9 Å². The molecule has 0 unspecified atom stereocenters. The van der Waals surface area contributed by atoms with Crippen LogP contribution in [-0.4, -0.2) is 40.0 Å². The maximum absolute atomic E-state index is 5.49. The average molecular weight is 209 g/mol. The molecule has 1 atom stereocenters. The summed E-state index contributed by atoms with van der Waals surface area (Å²) in [6.07, 6.45) is 4.54. The monoisotopic (exact) mass is 209 g/mol. The van der Waals surface area contributed by atoms with Crippen LogP contribution >= 0.6 is 0 Å². The molecule has 2 rings (SSSR count). The van der Waals surface area contributed by atoms with E-state index in [0.29, 0.717) is 12.5 Å². The molecule has 2 N–H and O–H groups in total. The van der Waals surface area contributed by atoms with Gasteiger partial charge in [-0.25, -0.2) is 0 Å². The van der Waals surface area contributed by atoms with Gasteiger partial charge in [-0.05, 0) is 32.4 Å². The number of hydrogen-bond acceptors (Lipinski definition) is 4. The molecular weight excluding hydrogens is 190 g/mol. The zero-order chi connectivity index (χ0) is 10.7. The molecule has 1 aromatic heterocycles. The van der Waals surface area contributed by atoms with Crippen LogP contribution in [0.25, 0.3) is 0 Å². The molecule has 1 saturated heterocycles. The van der Waals surface area contributed by atoms with E-state index in [-0.39, 0.29) is 0 Å². The van der Waals surface area contributed by atoms with E-state index in [9.17, 15) is 0 Å². The van der Waals surface area contributed by atoms with Crippen LogP contribution in [0.2, 0.25) is 0 Å². The Labute approximate surface area is 90.2 Å². The summed E-state index contributed by atoms with van der Waals surface area (Å²) < 4.78 is 1.92. The third-order valence-electron chi connectivity index (χ3n) is 2.96. The van der Waals surface area contributed by atoms with Crippen molar-refractivity contribution in [3.05, 3.63) is 11.9 Å². The number of piperidine rings is 1. The summed E-state index contributed by atoms with van der Waals surface area (Å²) in [7, 11) is 2.18. The first kappa shape index (κ1) is 10.6. The highest BCUT2D eigenvalue weighted by Crippen LogP contribution is 2.16. The Morgan fingerprint density at radius 1 is 1.60 bits per heavy atom. The molecule has 84 valence electrons. The summed E-state index contributed by atoms with van der Waals surface area (Å²) in [6, 6.07) is 0. The summed E-state index contributed by atoms with van der Waals surface area (Å²) in [6.45, 7) is 3.83. The molecular formula is C10H19N5. The van der Waals surface area contributed by atoms with E-state index in [1.165, 1.54) is 19.4 Å². The van der Waals surface area contributed by atoms with Gasteiger partial charge in [-0.2, -0.15) is 0 Å². The van der Waals surface area contributed by atoms with E-state index in [1.54, 1.807) is 0 Å². The van der Waals surface area contributed by atoms with Crippen LogP contribution in [0.15, 0.2) is 6.20 Å². The molecule has 5 heteroatoms. The molecule has 5 nitrogen and oxygen atoms in total. The predicted octanol–water partition coefficient (Wildman–Crippen LogP) is 0.0786. The van der Waals surface area contributed by atoms with Gasteiger partial charge in [-0.15, -0.1) is 5.10 Å². The van der Waals surface area contributed by atoms with E-state index < -0.39 is 0 Å². The predicted molar refractivity (Wildman–Crippen MR) is 58.1 cm³/mol. The van der Waals surface area contributed by atoms with E-state index in [1.807, 2.05) is 10.9 Å². The van der Waals surface area contributed by atoms with Crippen molar-refractivity contribution >= 4 is 0 Å². The van der Waals surface area contributed by atoms with E-state index in [0.717, 1.165) is 18.8 Å². The SMILES string of the molecule is CN1CCC[C@H](Cn2cc(CN)nn2)C1. The fourth-order valence-corrected chi connectivity index (χ4v) is 2.21. The fourth-order valence-electron chi connectivity index (χ4n) is 2.21. The molecule has 15 heavy (non-hydrogen) atoms. The van der Waals surface area contributed by atoms with Crippen molar-refractivity contribution in [3.63, 3.8) is 0 Å². The number of rotatable bonds is 3. The number of likely N-dealkylation sites (tertiary alicyclic amines) is 1. The number of nitrogens with zero attached hydrogens (tertiary/aromatic N) is 4. The molecule has 0 saturated carbocycles. The van der Waals surface area contributed by atoms with Gasteiger partial charge in [-0.1, -0.05) is 5.21 Å². The van der Waals surface area contributed by atoms with Gasteiger partial charge < -0.3 is 10.6 Å². The average Bonchev–Trinajstić information content (AvgIpc) is 2.65. The molecule has 0 aliphatic carbocycles. The topological polar surface area (TPSA) is 60.0 Å². The molecule has 1 aliphatic rings. The second-order valence-electron chi connectivity index (χ2n) is 4.41. The Balaban J connectivity index is 1.90. The van der Waals surface area contributed by atoms with Gasteiger partial charge in [0.1, 0.15) is 0 Å². The van der Waals surface area contributed by atoms with Crippen LogP contribution in [0.5, 0.6) is 0 Å². The normalized spacial score (nSPS) is 23.2. The van der Waals surface area contributed by atoms with E-state index in [4.69, 9.17) is 5.73 Å². The lowest BCUT2D eigenvalue weighted by Crippen LogP contribution is -2.34. The van der Waals surface area contributed by atoms with Crippen LogP contribution in [0.4, 0.5) is 0 Å². The van der Waals surface area contributed by atoms with Crippen LogP contribution in [0.3, 0.4) is 0 Å². The van der Waals surface area contributed by atoms with Crippen LogP contribution in [-0.2, 0) is 13.1 Å². The summed E-state index contributed by atoms with van der Waals surface area (Å²) >= 11 is 0. The second kappa shape index (κ2) is 4.72. The molecule has 0 aromatic carbocycles. The molecule has 0 radical (unpaired) electrons. The maximum atomic E-state index is 5.49. The standard InChI is InChI=1S/C10H19N5/c1-14-4-2-3-9(6-14)7-15-8-10(5-11)12-13-15/h8-9H,2-7,11H2,1H3/t9-/m0/s1. The summed E-state index contributed by atoms with van der Waals surface area (Å²) in [5.74, 6) is 0.705. The molecule has 1 aliphatic heterocycles. The van der Waals surface area contributed by atoms with Gasteiger partial charge in [-0.3, -0.25) is 4.68 Å². The lowest BCUT2D eigenvalue weighted by Gasteiger charge is -2.29. The first-order valence-corrected chi connectivity index (χ1v) is 5.55. The van der Waals surface area contributed by atoms with Crippen LogP contribution in [0.1, 0.15) is 18.5 Å². The van der Waals surface area contributed by atoms with Gasteiger partial charge in [0.2, 0.25) is 0 Å². The number of nitrogens with two attached hydrogens (primary N) is 1. The summed E-state index contributed by atoms with van der Waals surface area (Å²) in [5, 5.41) is 8.07. The number of aromatic nitrogens is 3. The Morgan fingerprint density at radius 3 is 3.13 bits per heavy atom.